The smallest absolute Gasteiger partial charge is 0.336 e. The zero-order chi connectivity index (χ0) is 14.5. The minimum Gasteiger partial charge on any atom is -0.336 e. The fourth-order valence-electron chi connectivity index (χ4n) is 1.54. The van der Waals surface area contributed by atoms with E-state index in [0.29, 0.717) is 19.3 Å². The number of halogens is 4. The minimum atomic E-state index is -4.45. The molecule has 0 atom stereocenters. The highest BCUT2D eigenvalue weighted by Crippen LogP contribution is 2.28. The number of carbonyl (C=O) groups is 1. The molecule has 1 rings (SSSR count). The topological polar surface area (TPSA) is 33.2 Å². The van der Waals surface area contributed by atoms with Crippen LogP contribution < -0.4 is 0 Å². The summed E-state index contributed by atoms with van der Waals surface area (Å²) in [5.74, 6) is -0.136. The van der Waals surface area contributed by atoms with Gasteiger partial charge in [0, 0.05) is 25.2 Å². The van der Waals surface area contributed by atoms with Crippen molar-refractivity contribution in [3.8, 4) is 0 Å². The molecule has 0 aromatic carbocycles. The fraction of sp³-hybridized carbons (Fsp3) is 0.500. The maximum absolute atomic E-state index is 12.4. The van der Waals surface area contributed by atoms with Gasteiger partial charge in [0.1, 0.15) is 5.69 Å². The molecule has 0 fully saturated rings. The maximum atomic E-state index is 12.4. The van der Waals surface area contributed by atoms with Crippen molar-refractivity contribution in [1.82, 2.24) is 9.88 Å². The fourth-order valence-corrected chi connectivity index (χ4v) is 1.74. The second-order valence-corrected chi connectivity index (χ2v) is 4.29. The standard InChI is InChI=1S/C12H14ClF3N2O/c1-2-6-18(7-5-13)11(19)10-4-3-9(8-17-10)12(14,15)16/h3-4,8H,2,5-7H2,1H3. The van der Waals surface area contributed by atoms with Crippen LogP contribution in [-0.2, 0) is 6.18 Å². The molecular formula is C12H14ClF3N2O. The summed E-state index contributed by atoms with van der Waals surface area (Å²) in [5.41, 5.74) is -0.880. The van der Waals surface area contributed by atoms with E-state index in [1.54, 1.807) is 0 Å². The number of carbonyl (C=O) groups excluding carboxylic acids is 1. The molecule has 0 aliphatic carbocycles. The number of nitrogens with zero attached hydrogens (tertiary/aromatic N) is 2. The lowest BCUT2D eigenvalue weighted by molar-refractivity contribution is -0.137. The van der Waals surface area contributed by atoms with E-state index in [1.165, 1.54) is 4.90 Å². The predicted octanol–water partition coefficient (Wildman–Crippen LogP) is 3.19. The second-order valence-electron chi connectivity index (χ2n) is 3.91. The maximum Gasteiger partial charge on any atom is 0.417 e. The summed E-state index contributed by atoms with van der Waals surface area (Å²) < 4.78 is 37.1. The van der Waals surface area contributed by atoms with E-state index >= 15 is 0 Å². The summed E-state index contributed by atoms with van der Waals surface area (Å²) in [6.07, 6.45) is -3.05. The SMILES string of the molecule is CCCN(CCCl)C(=O)c1ccc(C(F)(F)F)cn1. The number of hydrogen-bond donors (Lipinski definition) is 0. The number of aromatic nitrogens is 1. The molecule has 0 N–H and O–H groups in total. The molecule has 0 spiro atoms. The predicted molar refractivity (Wildman–Crippen MR) is 66.2 cm³/mol. The van der Waals surface area contributed by atoms with Gasteiger partial charge in [-0.05, 0) is 18.6 Å². The molecule has 1 heterocycles. The van der Waals surface area contributed by atoms with Gasteiger partial charge < -0.3 is 4.90 Å². The molecule has 19 heavy (non-hydrogen) atoms. The lowest BCUT2D eigenvalue weighted by Crippen LogP contribution is -2.34. The minimum absolute atomic E-state index is 0.00781. The van der Waals surface area contributed by atoms with Gasteiger partial charge in [0.25, 0.3) is 5.91 Å². The molecule has 0 aliphatic heterocycles. The zero-order valence-corrected chi connectivity index (χ0v) is 11.1. The first-order chi connectivity index (χ1) is 8.90. The van der Waals surface area contributed by atoms with Crippen LogP contribution in [0.5, 0.6) is 0 Å². The van der Waals surface area contributed by atoms with Crippen molar-refractivity contribution in [3.63, 3.8) is 0 Å². The van der Waals surface area contributed by atoms with Crippen molar-refractivity contribution in [2.75, 3.05) is 19.0 Å². The summed E-state index contributed by atoms with van der Waals surface area (Å²) in [6.45, 7) is 2.74. The Balaban J connectivity index is 2.87. The van der Waals surface area contributed by atoms with Gasteiger partial charge in [-0.15, -0.1) is 11.6 Å². The summed E-state index contributed by atoms with van der Waals surface area (Å²) >= 11 is 5.59. The van der Waals surface area contributed by atoms with Gasteiger partial charge in [0.2, 0.25) is 0 Å². The Morgan fingerprint density at radius 2 is 2.05 bits per heavy atom. The number of hydrogen-bond acceptors (Lipinski definition) is 2. The summed E-state index contributed by atoms with van der Waals surface area (Å²) in [4.78, 5) is 17.1. The van der Waals surface area contributed by atoms with E-state index < -0.39 is 17.6 Å². The quantitative estimate of drug-likeness (QED) is 0.781. The van der Waals surface area contributed by atoms with Crippen molar-refractivity contribution in [2.45, 2.75) is 19.5 Å². The molecular weight excluding hydrogens is 281 g/mol. The molecule has 0 radical (unpaired) electrons. The van der Waals surface area contributed by atoms with E-state index in [1.807, 2.05) is 6.92 Å². The van der Waals surface area contributed by atoms with E-state index in [0.717, 1.165) is 18.6 Å². The molecule has 0 saturated carbocycles. The van der Waals surface area contributed by atoms with Crippen LogP contribution in [0.2, 0.25) is 0 Å². The first-order valence-corrected chi connectivity index (χ1v) is 6.32. The lowest BCUT2D eigenvalue weighted by Gasteiger charge is -2.20. The van der Waals surface area contributed by atoms with E-state index in [9.17, 15) is 18.0 Å². The molecule has 0 bridgehead atoms. The third-order valence-electron chi connectivity index (χ3n) is 2.45. The summed E-state index contributed by atoms with van der Waals surface area (Å²) in [6, 6.07) is 1.94. The van der Waals surface area contributed by atoms with Crippen molar-refractivity contribution < 1.29 is 18.0 Å². The third-order valence-corrected chi connectivity index (χ3v) is 2.61. The molecule has 1 aromatic rings. The Morgan fingerprint density at radius 3 is 2.47 bits per heavy atom. The number of rotatable bonds is 5. The molecule has 1 amide bonds. The molecule has 3 nitrogen and oxygen atoms in total. The normalized spacial score (nSPS) is 11.4. The highest BCUT2D eigenvalue weighted by atomic mass is 35.5. The Hall–Kier alpha value is -1.30. The Labute approximate surface area is 114 Å². The number of alkyl halides is 4. The first kappa shape index (κ1) is 15.8. The van der Waals surface area contributed by atoms with Crippen LogP contribution in [0, 0.1) is 0 Å². The van der Waals surface area contributed by atoms with Crippen LogP contribution in [0.4, 0.5) is 13.2 Å². The number of amides is 1. The third kappa shape index (κ3) is 4.38. The van der Waals surface area contributed by atoms with Gasteiger partial charge in [-0.3, -0.25) is 9.78 Å². The average Bonchev–Trinajstić information content (AvgIpc) is 2.37. The van der Waals surface area contributed by atoms with Crippen LogP contribution >= 0.6 is 11.6 Å². The largest absolute Gasteiger partial charge is 0.417 e. The zero-order valence-electron chi connectivity index (χ0n) is 10.4. The van der Waals surface area contributed by atoms with Crippen LogP contribution in [-0.4, -0.2) is 34.8 Å². The monoisotopic (exact) mass is 294 g/mol. The van der Waals surface area contributed by atoms with E-state index in [-0.39, 0.29) is 11.6 Å². The molecule has 0 unspecified atom stereocenters. The van der Waals surface area contributed by atoms with Gasteiger partial charge in [0.05, 0.1) is 5.56 Å². The molecule has 1 aromatic heterocycles. The second kappa shape index (κ2) is 6.75. The van der Waals surface area contributed by atoms with Crippen LogP contribution in [0.25, 0.3) is 0 Å². The van der Waals surface area contributed by atoms with Crippen molar-refractivity contribution in [2.24, 2.45) is 0 Å². The van der Waals surface area contributed by atoms with Gasteiger partial charge in [0.15, 0.2) is 0 Å². The molecule has 106 valence electrons. The molecule has 0 aliphatic rings. The summed E-state index contributed by atoms with van der Waals surface area (Å²) in [7, 11) is 0. The molecule has 0 saturated heterocycles. The van der Waals surface area contributed by atoms with Gasteiger partial charge in [-0.25, -0.2) is 0 Å². The number of pyridine rings is 1. The van der Waals surface area contributed by atoms with E-state index in [4.69, 9.17) is 11.6 Å². The average molecular weight is 295 g/mol. The Kier molecular flexibility index (Phi) is 5.60. The van der Waals surface area contributed by atoms with Gasteiger partial charge in [-0.1, -0.05) is 6.92 Å². The summed E-state index contributed by atoms with van der Waals surface area (Å²) in [5, 5.41) is 0. The van der Waals surface area contributed by atoms with Crippen molar-refractivity contribution >= 4 is 17.5 Å². The van der Waals surface area contributed by atoms with Gasteiger partial charge >= 0.3 is 6.18 Å². The van der Waals surface area contributed by atoms with Crippen LogP contribution in [0.1, 0.15) is 29.4 Å². The van der Waals surface area contributed by atoms with E-state index in [2.05, 4.69) is 4.98 Å². The highest BCUT2D eigenvalue weighted by Gasteiger charge is 2.31. The Morgan fingerprint density at radius 1 is 1.37 bits per heavy atom. The lowest BCUT2D eigenvalue weighted by atomic mass is 10.2. The van der Waals surface area contributed by atoms with Crippen molar-refractivity contribution in [3.05, 3.63) is 29.6 Å². The highest BCUT2D eigenvalue weighted by molar-refractivity contribution is 6.18. The van der Waals surface area contributed by atoms with Crippen molar-refractivity contribution in [1.29, 1.82) is 0 Å². The first-order valence-electron chi connectivity index (χ1n) is 5.78. The Bertz CT molecular complexity index is 414. The van der Waals surface area contributed by atoms with Crippen LogP contribution in [0.15, 0.2) is 18.3 Å². The molecule has 7 heteroatoms. The van der Waals surface area contributed by atoms with Crippen LogP contribution in [0.3, 0.4) is 0 Å². The van der Waals surface area contributed by atoms with Gasteiger partial charge in [-0.2, -0.15) is 13.2 Å².